The molecule has 1 fully saturated rings. The fourth-order valence-electron chi connectivity index (χ4n) is 1.78. The van der Waals surface area contributed by atoms with E-state index in [1.807, 2.05) is 0 Å². The summed E-state index contributed by atoms with van der Waals surface area (Å²) in [6.07, 6.45) is 0.294. The highest BCUT2D eigenvalue weighted by atomic mass is 19.1. The Kier molecular flexibility index (Phi) is 2.80. The highest BCUT2D eigenvalue weighted by Crippen LogP contribution is 2.49. The van der Waals surface area contributed by atoms with Gasteiger partial charge in [-0.1, -0.05) is 0 Å². The number of carboxylic acids is 1. The van der Waals surface area contributed by atoms with Crippen molar-refractivity contribution in [1.29, 1.82) is 0 Å². The molecule has 0 atom stereocenters. The molecule has 0 bridgehead atoms. The summed E-state index contributed by atoms with van der Waals surface area (Å²) in [6, 6.07) is 1.42. The second-order valence-electron chi connectivity index (χ2n) is 4.18. The van der Waals surface area contributed by atoms with Crippen molar-refractivity contribution >= 4 is 11.8 Å². The lowest BCUT2D eigenvalue weighted by molar-refractivity contribution is -0.141. The summed E-state index contributed by atoms with van der Waals surface area (Å²) in [7, 11) is 1.17. The minimum atomic E-state index is -1.58. The fraction of sp³-hybridized carbons (Fsp3) is 0.333. The summed E-state index contributed by atoms with van der Waals surface area (Å²) in [5, 5.41) is 8.93. The molecule has 1 aliphatic carbocycles. The lowest BCUT2D eigenvalue weighted by Gasteiger charge is -2.10. The molecule has 2 rings (SSSR count). The van der Waals surface area contributed by atoms with Gasteiger partial charge in [0.15, 0.2) is 17.3 Å². The fourth-order valence-corrected chi connectivity index (χ4v) is 1.78. The Morgan fingerprint density at radius 1 is 1.28 bits per heavy atom. The number of benzene rings is 1. The van der Waals surface area contributed by atoms with Gasteiger partial charge in [0.05, 0.1) is 12.7 Å². The van der Waals surface area contributed by atoms with Crippen LogP contribution in [0.3, 0.4) is 0 Å². The minimum Gasteiger partial charge on any atom is -0.494 e. The number of rotatable bonds is 4. The van der Waals surface area contributed by atoms with E-state index in [2.05, 4.69) is 4.74 Å². The molecule has 4 nitrogen and oxygen atoms in total. The van der Waals surface area contributed by atoms with Crippen LogP contribution in [0.5, 0.6) is 5.75 Å². The molecule has 0 spiro atoms. The van der Waals surface area contributed by atoms with Crippen molar-refractivity contribution in [1.82, 2.24) is 0 Å². The SMILES string of the molecule is COc1cc(F)c(C(=O)C2(C(=O)O)CC2)cc1F. The minimum absolute atomic E-state index is 0.147. The van der Waals surface area contributed by atoms with Gasteiger partial charge < -0.3 is 9.84 Å². The first-order valence-corrected chi connectivity index (χ1v) is 5.23. The van der Waals surface area contributed by atoms with E-state index in [9.17, 15) is 18.4 Å². The van der Waals surface area contributed by atoms with Crippen LogP contribution in [0.2, 0.25) is 0 Å². The van der Waals surface area contributed by atoms with Gasteiger partial charge in [0.25, 0.3) is 0 Å². The average Bonchev–Trinajstić information content (AvgIpc) is 3.12. The molecule has 1 N–H and O–H groups in total. The zero-order valence-corrected chi connectivity index (χ0v) is 9.50. The number of hydrogen-bond acceptors (Lipinski definition) is 3. The van der Waals surface area contributed by atoms with E-state index in [-0.39, 0.29) is 18.6 Å². The largest absolute Gasteiger partial charge is 0.494 e. The first-order chi connectivity index (χ1) is 8.42. The van der Waals surface area contributed by atoms with Gasteiger partial charge in [0, 0.05) is 6.07 Å². The quantitative estimate of drug-likeness (QED) is 0.661. The third kappa shape index (κ3) is 1.73. The van der Waals surface area contributed by atoms with Gasteiger partial charge in [-0.25, -0.2) is 8.78 Å². The summed E-state index contributed by atoms with van der Waals surface area (Å²) < 4.78 is 31.6. The van der Waals surface area contributed by atoms with Gasteiger partial charge in [-0.2, -0.15) is 0 Å². The monoisotopic (exact) mass is 256 g/mol. The van der Waals surface area contributed by atoms with Crippen LogP contribution in [0.1, 0.15) is 23.2 Å². The van der Waals surface area contributed by atoms with Crippen LogP contribution in [0, 0.1) is 17.0 Å². The van der Waals surface area contributed by atoms with E-state index < -0.39 is 34.4 Å². The molecule has 0 radical (unpaired) electrons. The van der Waals surface area contributed by atoms with Crippen LogP contribution in [0.4, 0.5) is 8.78 Å². The Hall–Kier alpha value is -1.98. The third-order valence-electron chi connectivity index (χ3n) is 3.08. The number of ketones is 1. The second kappa shape index (κ2) is 4.04. The van der Waals surface area contributed by atoms with E-state index in [0.29, 0.717) is 6.07 Å². The maximum atomic E-state index is 13.6. The molecule has 18 heavy (non-hydrogen) atoms. The van der Waals surface area contributed by atoms with Crippen molar-refractivity contribution in [3.63, 3.8) is 0 Å². The van der Waals surface area contributed by atoms with E-state index >= 15 is 0 Å². The number of aliphatic carboxylic acids is 1. The van der Waals surface area contributed by atoms with Gasteiger partial charge in [-0.15, -0.1) is 0 Å². The molecular weight excluding hydrogens is 246 g/mol. The van der Waals surface area contributed by atoms with Crippen LogP contribution < -0.4 is 4.74 Å². The predicted molar refractivity (Wildman–Crippen MR) is 56.5 cm³/mol. The molecule has 1 aromatic carbocycles. The smallest absolute Gasteiger partial charge is 0.317 e. The summed E-state index contributed by atoms with van der Waals surface area (Å²) in [4.78, 5) is 22.9. The maximum absolute atomic E-state index is 13.6. The Morgan fingerprint density at radius 2 is 1.89 bits per heavy atom. The van der Waals surface area contributed by atoms with Crippen LogP contribution in [0.25, 0.3) is 0 Å². The van der Waals surface area contributed by atoms with Crippen molar-refractivity contribution in [3.05, 3.63) is 29.3 Å². The lowest BCUT2D eigenvalue weighted by Crippen LogP contribution is -2.26. The number of Topliss-reactive ketones (excluding diaryl/α,β-unsaturated/α-hetero) is 1. The second-order valence-corrected chi connectivity index (χ2v) is 4.18. The van der Waals surface area contributed by atoms with Crippen LogP contribution in [0.15, 0.2) is 12.1 Å². The Bertz CT molecular complexity index is 535. The van der Waals surface area contributed by atoms with Crippen molar-refractivity contribution in [3.8, 4) is 5.75 Å². The first-order valence-electron chi connectivity index (χ1n) is 5.23. The molecule has 0 aromatic heterocycles. The molecule has 1 aliphatic rings. The van der Waals surface area contributed by atoms with Gasteiger partial charge >= 0.3 is 5.97 Å². The van der Waals surface area contributed by atoms with Crippen LogP contribution >= 0.6 is 0 Å². The molecule has 1 aromatic rings. The number of carboxylic acid groups (broad SMARTS) is 1. The van der Waals surface area contributed by atoms with E-state index in [4.69, 9.17) is 5.11 Å². The average molecular weight is 256 g/mol. The molecule has 1 saturated carbocycles. The number of hydrogen-bond donors (Lipinski definition) is 1. The summed E-state index contributed by atoms with van der Waals surface area (Å²) in [5.41, 5.74) is -2.13. The molecule has 0 heterocycles. The molecule has 0 saturated heterocycles. The topological polar surface area (TPSA) is 63.6 Å². The summed E-state index contributed by atoms with van der Waals surface area (Å²) in [6.45, 7) is 0. The molecule has 0 aliphatic heterocycles. The van der Waals surface area contributed by atoms with Crippen molar-refractivity contribution in [2.45, 2.75) is 12.8 Å². The van der Waals surface area contributed by atoms with Crippen molar-refractivity contribution < 1.29 is 28.2 Å². The maximum Gasteiger partial charge on any atom is 0.317 e. The number of ether oxygens (including phenoxy) is 1. The Morgan fingerprint density at radius 3 is 2.33 bits per heavy atom. The highest BCUT2D eigenvalue weighted by Gasteiger charge is 2.57. The normalized spacial score (nSPS) is 16.2. The first kappa shape index (κ1) is 12.5. The zero-order chi connectivity index (χ0) is 13.5. The summed E-state index contributed by atoms with van der Waals surface area (Å²) >= 11 is 0. The van der Waals surface area contributed by atoms with Crippen molar-refractivity contribution in [2.75, 3.05) is 7.11 Å². The number of carbonyl (C=O) groups excluding carboxylic acids is 1. The van der Waals surface area contributed by atoms with Gasteiger partial charge in [-0.05, 0) is 18.9 Å². The highest BCUT2D eigenvalue weighted by molar-refractivity contribution is 6.14. The molecule has 0 amide bonds. The van der Waals surface area contributed by atoms with E-state index in [1.165, 1.54) is 7.11 Å². The van der Waals surface area contributed by atoms with Gasteiger partial charge in [0.1, 0.15) is 11.2 Å². The number of methoxy groups -OCH3 is 1. The lowest BCUT2D eigenvalue weighted by atomic mass is 9.94. The molecular formula is C12H10F2O4. The van der Waals surface area contributed by atoms with Crippen LogP contribution in [-0.4, -0.2) is 24.0 Å². The molecule has 6 heteroatoms. The Labute approximate surface area is 101 Å². The standard InChI is InChI=1S/C12H10F2O4/c1-18-9-5-7(13)6(4-8(9)14)10(15)12(2-3-12)11(16)17/h4-5H,2-3H2,1H3,(H,16,17). The van der Waals surface area contributed by atoms with E-state index in [1.54, 1.807) is 0 Å². The Balaban J connectivity index is 2.44. The van der Waals surface area contributed by atoms with E-state index in [0.717, 1.165) is 6.07 Å². The third-order valence-corrected chi connectivity index (χ3v) is 3.08. The number of carbonyl (C=O) groups is 2. The number of halogens is 2. The zero-order valence-electron chi connectivity index (χ0n) is 9.50. The van der Waals surface area contributed by atoms with Gasteiger partial charge in [-0.3, -0.25) is 9.59 Å². The molecule has 96 valence electrons. The van der Waals surface area contributed by atoms with Gasteiger partial charge in [0.2, 0.25) is 0 Å². The van der Waals surface area contributed by atoms with Crippen LogP contribution in [-0.2, 0) is 4.79 Å². The summed E-state index contributed by atoms with van der Waals surface area (Å²) in [5.74, 6) is -4.41. The predicted octanol–water partition coefficient (Wildman–Crippen LogP) is 2.02. The molecule has 0 unspecified atom stereocenters. The van der Waals surface area contributed by atoms with Crippen molar-refractivity contribution in [2.24, 2.45) is 5.41 Å².